The van der Waals surface area contributed by atoms with Gasteiger partial charge >= 0.3 is 11.6 Å². The van der Waals surface area contributed by atoms with E-state index in [2.05, 4.69) is 71.0 Å². The van der Waals surface area contributed by atoms with Crippen LogP contribution < -0.4 is 9.13 Å². The Balaban J connectivity index is 2.15. The van der Waals surface area contributed by atoms with Crippen LogP contribution in [-0.2, 0) is 27.2 Å². The Bertz CT molecular complexity index is 555. The van der Waals surface area contributed by atoms with E-state index in [-0.39, 0.29) is 0 Å². The Morgan fingerprint density at radius 3 is 1.46 bits per heavy atom. The summed E-state index contributed by atoms with van der Waals surface area (Å²) in [5, 5.41) is 0. The van der Waals surface area contributed by atoms with E-state index >= 15 is 0 Å². The molecule has 0 spiro atoms. The smallest absolute Gasteiger partial charge is 0.226 e. The van der Waals surface area contributed by atoms with E-state index in [1.54, 1.807) is 0 Å². The van der Waals surface area contributed by atoms with Crippen LogP contribution >= 0.6 is 0 Å². The van der Waals surface area contributed by atoms with Crippen molar-refractivity contribution in [1.82, 2.24) is 9.13 Å². The van der Waals surface area contributed by atoms with Crippen molar-refractivity contribution in [3.05, 3.63) is 24.8 Å². The van der Waals surface area contributed by atoms with Crippen molar-refractivity contribution in [1.29, 1.82) is 0 Å². The lowest BCUT2D eigenvalue weighted by Gasteiger charge is -2.04. The molecule has 0 amide bonds. The maximum absolute atomic E-state index is 2.42. The summed E-state index contributed by atoms with van der Waals surface area (Å²) in [6.45, 7) is 6.76. The topological polar surface area (TPSA) is 17.6 Å². The molecular formula is C20H36N4+2. The molecule has 0 aliphatic rings. The van der Waals surface area contributed by atoms with Crippen molar-refractivity contribution in [2.45, 2.75) is 78.3 Å². The predicted molar refractivity (Wildman–Crippen MR) is 98.5 cm³/mol. The molecule has 2 rings (SSSR count). The number of rotatable bonds is 11. The van der Waals surface area contributed by atoms with Gasteiger partial charge in [0.1, 0.15) is 24.8 Å². The number of hydrogen-bond acceptors (Lipinski definition) is 0. The minimum absolute atomic E-state index is 1.11. The molecule has 2 aromatic heterocycles. The first-order valence-electron chi connectivity index (χ1n) is 9.78. The predicted octanol–water partition coefficient (Wildman–Crippen LogP) is 3.77. The zero-order valence-corrected chi connectivity index (χ0v) is 16.2. The maximum atomic E-state index is 2.42. The molecule has 0 unspecified atom stereocenters. The number of nitrogens with zero attached hydrogens (tertiary/aromatic N) is 4. The molecule has 0 aliphatic carbocycles. The summed E-state index contributed by atoms with van der Waals surface area (Å²) in [6, 6.07) is 0. The van der Waals surface area contributed by atoms with Gasteiger partial charge in [0.2, 0.25) is 0 Å². The fourth-order valence-electron chi connectivity index (χ4n) is 3.40. The lowest BCUT2D eigenvalue weighted by molar-refractivity contribution is -0.690. The Kier molecular flexibility index (Phi) is 7.54. The van der Waals surface area contributed by atoms with Crippen LogP contribution in [0.4, 0.5) is 0 Å². The van der Waals surface area contributed by atoms with Gasteiger partial charge in [-0.15, -0.1) is 0 Å². The second-order valence-electron chi connectivity index (χ2n) is 6.97. The molecule has 0 fully saturated rings. The van der Waals surface area contributed by atoms with Crippen molar-refractivity contribution in [3.63, 3.8) is 0 Å². The largest absolute Gasteiger partial charge is 0.373 e. The van der Waals surface area contributed by atoms with Crippen molar-refractivity contribution < 1.29 is 9.13 Å². The quantitative estimate of drug-likeness (QED) is 0.440. The highest BCUT2D eigenvalue weighted by Crippen LogP contribution is 2.15. The first kappa shape index (κ1) is 18.8. The van der Waals surface area contributed by atoms with Crippen LogP contribution in [0.1, 0.15) is 65.2 Å². The molecule has 0 atom stereocenters. The van der Waals surface area contributed by atoms with Crippen molar-refractivity contribution in [2.24, 2.45) is 14.1 Å². The minimum Gasteiger partial charge on any atom is -0.226 e. The van der Waals surface area contributed by atoms with Crippen LogP contribution in [0.5, 0.6) is 0 Å². The molecule has 24 heavy (non-hydrogen) atoms. The summed E-state index contributed by atoms with van der Waals surface area (Å²) in [5.41, 5.74) is 0. The second-order valence-corrected chi connectivity index (χ2v) is 6.97. The molecule has 0 saturated carbocycles. The molecule has 0 saturated heterocycles. The van der Waals surface area contributed by atoms with Crippen molar-refractivity contribution in [3.8, 4) is 11.6 Å². The molecule has 0 aromatic carbocycles. The summed E-state index contributed by atoms with van der Waals surface area (Å²) >= 11 is 0. The Morgan fingerprint density at radius 2 is 1.08 bits per heavy atom. The zero-order chi connectivity index (χ0) is 17.4. The molecule has 0 aliphatic heterocycles. The van der Waals surface area contributed by atoms with E-state index in [0.29, 0.717) is 0 Å². The fraction of sp³-hybridized carbons (Fsp3) is 0.700. The van der Waals surface area contributed by atoms with Gasteiger partial charge in [0, 0.05) is 0 Å². The molecule has 0 N–H and O–H groups in total. The highest BCUT2D eigenvalue weighted by atomic mass is 15.2. The van der Waals surface area contributed by atoms with E-state index in [9.17, 15) is 0 Å². The van der Waals surface area contributed by atoms with Gasteiger partial charge in [-0.25, -0.2) is 18.3 Å². The number of hydrogen-bond donors (Lipinski definition) is 0. The summed E-state index contributed by atoms with van der Waals surface area (Å²) in [7, 11) is 4.32. The van der Waals surface area contributed by atoms with E-state index in [1.165, 1.54) is 63.0 Å². The van der Waals surface area contributed by atoms with E-state index < -0.39 is 0 Å². The van der Waals surface area contributed by atoms with Gasteiger partial charge in [0.25, 0.3) is 0 Å². The highest BCUT2D eigenvalue weighted by Gasteiger charge is 2.29. The lowest BCUT2D eigenvalue weighted by Crippen LogP contribution is -2.38. The fourth-order valence-corrected chi connectivity index (χ4v) is 3.40. The van der Waals surface area contributed by atoms with Gasteiger partial charge in [-0.3, -0.25) is 0 Å². The Labute approximate surface area is 147 Å². The molecule has 4 heteroatoms. The highest BCUT2D eigenvalue weighted by molar-refractivity contribution is 5.36. The molecular weight excluding hydrogens is 296 g/mol. The summed E-state index contributed by atoms with van der Waals surface area (Å²) in [4.78, 5) is 0. The molecule has 2 aromatic rings. The molecule has 0 bridgehead atoms. The number of imidazole rings is 2. The van der Waals surface area contributed by atoms with Gasteiger partial charge in [0.15, 0.2) is 0 Å². The number of aromatic nitrogens is 4. The van der Waals surface area contributed by atoms with Gasteiger partial charge < -0.3 is 0 Å². The third kappa shape index (κ3) is 4.71. The number of aryl methyl sites for hydroxylation is 4. The molecule has 0 radical (unpaired) electrons. The summed E-state index contributed by atoms with van der Waals surface area (Å²) < 4.78 is 9.37. The monoisotopic (exact) mass is 332 g/mol. The van der Waals surface area contributed by atoms with Crippen LogP contribution in [0.3, 0.4) is 0 Å². The standard InChI is InChI=1S/C20H36N4/c1-5-7-9-11-13-23-17-15-21(3)19(23)20-22(4)16-18-24(20)14-12-10-8-6-2/h15-18H,5-14H2,1-4H3/q+2. The summed E-state index contributed by atoms with van der Waals surface area (Å²) in [5.74, 6) is 2.63. The van der Waals surface area contributed by atoms with E-state index in [4.69, 9.17) is 0 Å². The normalized spacial score (nSPS) is 11.3. The molecule has 134 valence electrons. The number of unbranched alkanes of at least 4 members (excludes halogenated alkanes) is 6. The molecule has 4 nitrogen and oxygen atoms in total. The van der Waals surface area contributed by atoms with Gasteiger partial charge in [-0.1, -0.05) is 39.5 Å². The van der Waals surface area contributed by atoms with E-state index in [1.807, 2.05) is 0 Å². The maximum Gasteiger partial charge on any atom is 0.373 e. The van der Waals surface area contributed by atoms with Gasteiger partial charge in [0.05, 0.1) is 27.2 Å². The summed E-state index contributed by atoms with van der Waals surface area (Å²) in [6.07, 6.45) is 19.3. The Morgan fingerprint density at radius 1 is 0.667 bits per heavy atom. The van der Waals surface area contributed by atoms with Gasteiger partial charge in [-0.2, -0.15) is 0 Å². The van der Waals surface area contributed by atoms with Crippen LogP contribution in [0.25, 0.3) is 11.6 Å². The molecule has 2 heterocycles. The Hall–Kier alpha value is -1.58. The van der Waals surface area contributed by atoms with Crippen LogP contribution in [0.15, 0.2) is 24.8 Å². The second kappa shape index (κ2) is 9.65. The van der Waals surface area contributed by atoms with Gasteiger partial charge in [-0.05, 0) is 25.7 Å². The minimum atomic E-state index is 1.11. The van der Waals surface area contributed by atoms with Crippen LogP contribution in [-0.4, -0.2) is 9.13 Å². The van der Waals surface area contributed by atoms with E-state index in [0.717, 1.165) is 13.1 Å². The third-order valence-electron chi connectivity index (χ3n) is 4.86. The third-order valence-corrected chi connectivity index (χ3v) is 4.86. The average molecular weight is 333 g/mol. The average Bonchev–Trinajstić information content (AvgIpc) is 3.11. The van der Waals surface area contributed by atoms with Crippen LogP contribution in [0.2, 0.25) is 0 Å². The first-order valence-corrected chi connectivity index (χ1v) is 9.78. The van der Waals surface area contributed by atoms with Crippen molar-refractivity contribution >= 4 is 0 Å². The lowest BCUT2D eigenvalue weighted by atomic mass is 10.2. The SMILES string of the molecule is CCCCCCn1cc[n+](C)c1-c1n(CCCCCC)cc[n+]1C. The van der Waals surface area contributed by atoms with Crippen LogP contribution in [0, 0.1) is 0 Å². The zero-order valence-electron chi connectivity index (χ0n) is 16.2. The van der Waals surface area contributed by atoms with Crippen molar-refractivity contribution in [2.75, 3.05) is 0 Å². The first-order chi connectivity index (χ1) is 11.7.